The normalized spacial score (nSPS) is 14.9. The van der Waals surface area contributed by atoms with E-state index in [9.17, 15) is 18.0 Å². The lowest BCUT2D eigenvalue weighted by molar-refractivity contribution is -0.140. The molecule has 1 aliphatic carbocycles. The Bertz CT molecular complexity index is 1200. The zero-order valence-electron chi connectivity index (χ0n) is 20.8. The summed E-state index contributed by atoms with van der Waals surface area (Å²) in [6.07, 6.45) is 5.36. The van der Waals surface area contributed by atoms with Gasteiger partial charge in [-0.2, -0.15) is 0 Å². The van der Waals surface area contributed by atoms with Crippen LogP contribution in [0.4, 0.5) is 5.69 Å². The summed E-state index contributed by atoms with van der Waals surface area (Å²) in [4.78, 5) is 28.5. The number of hydrogen-bond acceptors (Lipinski definition) is 4. The van der Waals surface area contributed by atoms with Crippen LogP contribution >= 0.6 is 23.2 Å². The van der Waals surface area contributed by atoms with Crippen molar-refractivity contribution in [3.63, 3.8) is 0 Å². The molecule has 0 radical (unpaired) electrons. The van der Waals surface area contributed by atoms with E-state index in [1.807, 2.05) is 38.1 Å². The van der Waals surface area contributed by atoms with Gasteiger partial charge in [0.1, 0.15) is 12.6 Å². The highest BCUT2D eigenvalue weighted by atomic mass is 35.5. The van der Waals surface area contributed by atoms with Crippen LogP contribution in [0.5, 0.6) is 0 Å². The average molecular weight is 555 g/mol. The van der Waals surface area contributed by atoms with Crippen molar-refractivity contribution < 1.29 is 18.0 Å². The Morgan fingerprint density at radius 2 is 1.78 bits per heavy atom. The number of carbonyl (C=O) groups is 2. The van der Waals surface area contributed by atoms with Gasteiger partial charge in [-0.25, -0.2) is 8.42 Å². The average Bonchev–Trinajstić information content (AvgIpc) is 3.31. The van der Waals surface area contributed by atoms with E-state index in [0.29, 0.717) is 6.42 Å². The molecule has 2 aromatic carbocycles. The highest BCUT2D eigenvalue weighted by Gasteiger charge is 2.33. The number of benzene rings is 2. The van der Waals surface area contributed by atoms with Crippen LogP contribution in [0.3, 0.4) is 0 Å². The molecule has 0 aliphatic heterocycles. The number of nitrogens with one attached hydrogen (secondary N) is 1. The van der Waals surface area contributed by atoms with Gasteiger partial charge >= 0.3 is 0 Å². The molecule has 1 saturated carbocycles. The summed E-state index contributed by atoms with van der Waals surface area (Å²) in [5, 5.41) is 3.30. The molecule has 0 saturated heterocycles. The molecule has 2 amide bonds. The standard InChI is InChI=1S/C26H33Cl2N3O4S/c1-4-22(26(33)29-20-11-5-6-12-20)30(16-19-10-7-9-18(2)15-19)24(32)17-31(36(3,34)35)23-14-8-13-21(27)25(23)28/h7-10,13-15,20,22H,4-6,11-12,16-17H2,1-3H3,(H,29,33). The van der Waals surface area contributed by atoms with E-state index in [-0.39, 0.29) is 34.2 Å². The second-order valence-corrected chi connectivity index (χ2v) is 12.0. The maximum Gasteiger partial charge on any atom is 0.244 e. The third-order valence-corrected chi connectivity index (χ3v) is 8.34. The Morgan fingerprint density at radius 3 is 2.39 bits per heavy atom. The summed E-state index contributed by atoms with van der Waals surface area (Å²) in [7, 11) is -3.89. The zero-order chi connectivity index (χ0) is 26.5. The molecule has 1 N–H and O–H groups in total. The van der Waals surface area contributed by atoms with Crippen molar-refractivity contribution in [1.29, 1.82) is 0 Å². The van der Waals surface area contributed by atoms with E-state index in [1.165, 1.54) is 11.0 Å². The minimum absolute atomic E-state index is 0.0358. The van der Waals surface area contributed by atoms with E-state index in [2.05, 4.69) is 5.32 Å². The number of anilines is 1. The molecular formula is C26H33Cl2N3O4S. The van der Waals surface area contributed by atoms with Crippen molar-refractivity contribution in [1.82, 2.24) is 10.2 Å². The number of carbonyl (C=O) groups excluding carboxylic acids is 2. The smallest absolute Gasteiger partial charge is 0.244 e. The molecular weight excluding hydrogens is 521 g/mol. The van der Waals surface area contributed by atoms with Gasteiger partial charge in [-0.3, -0.25) is 13.9 Å². The molecule has 1 aliphatic rings. The second-order valence-electron chi connectivity index (χ2n) is 9.27. The third-order valence-electron chi connectivity index (χ3n) is 6.40. The van der Waals surface area contributed by atoms with Gasteiger partial charge in [0.05, 0.1) is 22.0 Å². The number of aryl methyl sites for hydroxylation is 1. The fraction of sp³-hybridized carbons (Fsp3) is 0.462. The molecule has 1 fully saturated rings. The second kappa shape index (κ2) is 12.3. The SMILES string of the molecule is CCC(C(=O)NC1CCCC1)N(Cc1cccc(C)c1)C(=O)CN(c1cccc(Cl)c1Cl)S(C)(=O)=O. The molecule has 36 heavy (non-hydrogen) atoms. The van der Waals surface area contributed by atoms with Gasteiger partial charge < -0.3 is 10.2 Å². The predicted octanol–water partition coefficient (Wildman–Crippen LogP) is 4.93. The van der Waals surface area contributed by atoms with Crippen LogP contribution in [0.2, 0.25) is 10.0 Å². The zero-order valence-corrected chi connectivity index (χ0v) is 23.2. The maximum absolute atomic E-state index is 13.8. The number of nitrogens with zero attached hydrogens (tertiary/aromatic N) is 2. The van der Waals surface area contributed by atoms with Gasteiger partial charge in [0, 0.05) is 12.6 Å². The summed E-state index contributed by atoms with van der Waals surface area (Å²) in [5.74, 6) is -0.733. The number of sulfonamides is 1. The van der Waals surface area contributed by atoms with Crippen molar-refractivity contribution in [3.8, 4) is 0 Å². The van der Waals surface area contributed by atoms with Crippen molar-refractivity contribution in [3.05, 3.63) is 63.6 Å². The van der Waals surface area contributed by atoms with Crippen LogP contribution in [0, 0.1) is 6.92 Å². The van der Waals surface area contributed by atoms with E-state index in [4.69, 9.17) is 23.2 Å². The lowest BCUT2D eigenvalue weighted by Crippen LogP contribution is -2.53. The van der Waals surface area contributed by atoms with Crippen LogP contribution in [-0.4, -0.2) is 50.0 Å². The maximum atomic E-state index is 13.8. The number of amides is 2. The monoisotopic (exact) mass is 553 g/mol. The summed E-state index contributed by atoms with van der Waals surface area (Å²) in [5.41, 5.74) is 1.98. The fourth-order valence-electron chi connectivity index (χ4n) is 4.57. The minimum Gasteiger partial charge on any atom is -0.352 e. The Labute approximate surface area is 223 Å². The Kier molecular flexibility index (Phi) is 9.66. The van der Waals surface area contributed by atoms with Gasteiger partial charge in [0.15, 0.2) is 0 Å². The summed E-state index contributed by atoms with van der Waals surface area (Å²) in [6, 6.07) is 11.6. The van der Waals surface area contributed by atoms with Crippen molar-refractivity contribution in [2.24, 2.45) is 0 Å². The highest BCUT2D eigenvalue weighted by molar-refractivity contribution is 7.92. The van der Waals surface area contributed by atoms with E-state index in [1.54, 1.807) is 12.1 Å². The molecule has 1 atom stereocenters. The van der Waals surface area contributed by atoms with E-state index < -0.39 is 28.5 Å². The Morgan fingerprint density at radius 1 is 1.11 bits per heavy atom. The van der Waals surface area contributed by atoms with Gasteiger partial charge in [0.25, 0.3) is 0 Å². The lowest BCUT2D eigenvalue weighted by atomic mass is 10.1. The van der Waals surface area contributed by atoms with Crippen LogP contribution < -0.4 is 9.62 Å². The third kappa shape index (κ3) is 7.14. The molecule has 0 aromatic heterocycles. The topological polar surface area (TPSA) is 86.8 Å². The Hall–Kier alpha value is -2.29. The predicted molar refractivity (Wildman–Crippen MR) is 145 cm³/mol. The largest absolute Gasteiger partial charge is 0.352 e. The first kappa shape index (κ1) is 28.3. The summed E-state index contributed by atoms with van der Waals surface area (Å²) < 4.78 is 26.4. The lowest BCUT2D eigenvalue weighted by Gasteiger charge is -2.33. The molecule has 2 aromatic rings. The first-order valence-corrected chi connectivity index (χ1v) is 14.7. The molecule has 196 valence electrons. The van der Waals surface area contributed by atoms with Crippen molar-refractivity contribution in [2.45, 2.75) is 64.6 Å². The van der Waals surface area contributed by atoms with E-state index >= 15 is 0 Å². The van der Waals surface area contributed by atoms with Gasteiger partial charge in [-0.05, 0) is 43.9 Å². The van der Waals surface area contributed by atoms with Crippen LogP contribution in [0.1, 0.15) is 50.2 Å². The fourth-order valence-corrected chi connectivity index (χ4v) is 5.88. The molecule has 7 nitrogen and oxygen atoms in total. The van der Waals surface area contributed by atoms with Gasteiger partial charge in [-0.15, -0.1) is 0 Å². The van der Waals surface area contributed by atoms with Crippen LogP contribution in [-0.2, 0) is 26.2 Å². The number of hydrogen-bond donors (Lipinski definition) is 1. The molecule has 3 rings (SSSR count). The van der Waals surface area contributed by atoms with Crippen LogP contribution in [0.15, 0.2) is 42.5 Å². The molecule has 0 heterocycles. The minimum atomic E-state index is -3.89. The van der Waals surface area contributed by atoms with Crippen molar-refractivity contribution in [2.75, 3.05) is 17.1 Å². The van der Waals surface area contributed by atoms with Crippen LogP contribution in [0.25, 0.3) is 0 Å². The highest BCUT2D eigenvalue weighted by Crippen LogP contribution is 2.34. The van der Waals surface area contributed by atoms with Gasteiger partial charge in [-0.1, -0.05) is 78.9 Å². The van der Waals surface area contributed by atoms with E-state index in [0.717, 1.165) is 47.4 Å². The number of halogens is 2. The first-order chi connectivity index (χ1) is 17.0. The molecule has 1 unspecified atom stereocenters. The summed E-state index contributed by atoms with van der Waals surface area (Å²) >= 11 is 12.4. The summed E-state index contributed by atoms with van der Waals surface area (Å²) in [6.45, 7) is 3.44. The van der Waals surface area contributed by atoms with Gasteiger partial charge in [0.2, 0.25) is 21.8 Å². The Balaban J connectivity index is 1.95. The first-order valence-electron chi connectivity index (χ1n) is 12.1. The molecule has 0 spiro atoms. The molecule has 0 bridgehead atoms. The van der Waals surface area contributed by atoms with Crippen molar-refractivity contribution >= 4 is 50.7 Å². The quantitative estimate of drug-likeness (QED) is 0.451. The number of rotatable bonds is 10. The molecule has 10 heteroatoms.